The first-order valence-corrected chi connectivity index (χ1v) is 8.48. The zero-order chi connectivity index (χ0) is 14.7. The molecule has 0 bridgehead atoms. The second-order valence-corrected chi connectivity index (χ2v) is 7.30. The van der Waals surface area contributed by atoms with Gasteiger partial charge in [-0.2, -0.15) is 0 Å². The molecule has 1 amide bonds. The summed E-state index contributed by atoms with van der Waals surface area (Å²) in [5, 5.41) is 0. The number of amides is 1. The second kappa shape index (κ2) is 6.72. The fourth-order valence-corrected chi connectivity index (χ4v) is 4.04. The van der Waals surface area contributed by atoms with Crippen LogP contribution in [0.3, 0.4) is 0 Å². The number of likely N-dealkylation sites (tertiary alicyclic amines) is 1. The van der Waals surface area contributed by atoms with E-state index >= 15 is 0 Å². The van der Waals surface area contributed by atoms with E-state index in [2.05, 4.69) is 32.9 Å². The Morgan fingerprint density at radius 1 is 1.45 bits per heavy atom. The Morgan fingerprint density at radius 3 is 2.80 bits per heavy atom. The number of nitrogens with zero attached hydrogens (tertiary/aromatic N) is 1. The largest absolute Gasteiger partial charge is 0.333 e. The highest BCUT2D eigenvalue weighted by Gasteiger charge is 2.33. The van der Waals surface area contributed by atoms with Crippen molar-refractivity contribution < 1.29 is 4.79 Å². The van der Waals surface area contributed by atoms with Crippen LogP contribution in [0.4, 0.5) is 0 Å². The Kier molecular flexibility index (Phi) is 5.22. The van der Waals surface area contributed by atoms with Crippen molar-refractivity contribution >= 4 is 17.2 Å². The predicted molar refractivity (Wildman–Crippen MR) is 84.8 cm³/mol. The van der Waals surface area contributed by atoms with E-state index in [-0.39, 0.29) is 18.0 Å². The van der Waals surface area contributed by atoms with Crippen molar-refractivity contribution in [1.29, 1.82) is 0 Å². The molecule has 0 aliphatic carbocycles. The van der Waals surface area contributed by atoms with Crippen LogP contribution < -0.4 is 5.73 Å². The number of hydrogen-bond acceptors (Lipinski definition) is 3. The van der Waals surface area contributed by atoms with Gasteiger partial charge in [-0.15, -0.1) is 11.3 Å². The van der Waals surface area contributed by atoms with Gasteiger partial charge in [0.2, 0.25) is 5.91 Å². The van der Waals surface area contributed by atoms with Crippen LogP contribution in [-0.2, 0) is 11.2 Å². The van der Waals surface area contributed by atoms with Gasteiger partial charge in [0, 0.05) is 28.8 Å². The lowest BCUT2D eigenvalue weighted by Crippen LogP contribution is -2.43. The summed E-state index contributed by atoms with van der Waals surface area (Å²) in [5.41, 5.74) is 6.40. The van der Waals surface area contributed by atoms with Crippen LogP contribution in [0.15, 0.2) is 12.1 Å². The van der Waals surface area contributed by atoms with Crippen molar-refractivity contribution in [2.75, 3.05) is 6.54 Å². The van der Waals surface area contributed by atoms with E-state index in [1.54, 1.807) is 0 Å². The molecular weight excluding hydrogens is 268 g/mol. The van der Waals surface area contributed by atoms with Crippen LogP contribution in [0, 0.1) is 5.92 Å². The summed E-state index contributed by atoms with van der Waals surface area (Å²) in [6, 6.07) is 4.47. The molecule has 1 aliphatic heterocycles. The van der Waals surface area contributed by atoms with Crippen molar-refractivity contribution in [2.45, 2.75) is 58.5 Å². The molecule has 2 rings (SSSR count). The quantitative estimate of drug-likeness (QED) is 0.925. The monoisotopic (exact) mass is 294 g/mol. The van der Waals surface area contributed by atoms with E-state index in [1.165, 1.54) is 9.75 Å². The van der Waals surface area contributed by atoms with Gasteiger partial charge in [0.05, 0.1) is 6.04 Å². The standard InChI is InChI=1S/C16H26N2OS/c1-4-12-8-9-14(20-12)16-13(17)6-5-7-15(19)18(16)10-11(2)3/h8-9,11,13,16H,4-7,10,17H2,1-3H3. The first kappa shape index (κ1) is 15.5. The topological polar surface area (TPSA) is 46.3 Å². The minimum atomic E-state index is 0.0588. The van der Waals surface area contributed by atoms with E-state index in [0.29, 0.717) is 12.3 Å². The molecule has 3 nitrogen and oxygen atoms in total. The molecule has 0 spiro atoms. The van der Waals surface area contributed by atoms with Crippen LogP contribution in [-0.4, -0.2) is 23.4 Å². The Morgan fingerprint density at radius 2 is 2.20 bits per heavy atom. The van der Waals surface area contributed by atoms with Crippen molar-refractivity contribution in [3.8, 4) is 0 Å². The van der Waals surface area contributed by atoms with Gasteiger partial charge in [0.1, 0.15) is 0 Å². The molecule has 1 aliphatic rings. The van der Waals surface area contributed by atoms with Gasteiger partial charge in [-0.25, -0.2) is 0 Å². The Hall–Kier alpha value is -0.870. The number of thiophene rings is 1. The summed E-state index contributed by atoms with van der Waals surface area (Å²) in [6.45, 7) is 7.29. The van der Waals surface area contributed by atoms with E-state index in [1.807, 2.05) is 16.2 Å². The van der Waals surface area contributed by atoms with Crippen molar-refractivity contribution in [2.24, 2.45) is 11.7 Å². The molecule has 0 radical (unpaired) electrons. The Balaban J connectivity index is 2.32. The van der Waals surface area contributed by atoms with Crippen LogP contribution >= 0.6 is 11.3 Å². The van der Waals surface area contributed by atoms with Gasteiger partial charge in [-0.1, -0.05) is 20.8 Å². The minimum absolute atomic E-state index is 0.0588. The zero-order valence-corrected chi connectivity index (χ0v) is 13.6. The first-order valence-electron chi connectivity index (χ1n) is 7.66. The third-order valence-corrected chi connectivity index (χ3v) is 5.17. The molecule has 1 aromatic heterocycles. The molecule has 1 saturated heterocycles. The molecule has 20 heavy (non-hydrogen) atoms. The Bertz CT molecular complexity index is 455. The first-order chi connectivity index (χ1) is 9.52. The second-order valence-electron chi connectivity index (χ2n) is 6.10. The number of rotatable bonds is 4. The fourth-order valence-electron chi connectivity index (χ4n) is 2.89. The molecule has 4 heteroatoms. The number of nitrogens with two attached hydrogens (primary N) is 1. The third kappa shape index (κ3) is 3.41. The van der Waals surface area contributed by atoms with Gasteiger partial charge in [-0.3, -0.25) is 4.79 Å². The van der Waals surface area contributed by atoms with Crippen LogP contribution in [0.1, 0.15) is 55.8 Å². The maximum Gasteiger partial charge on any atom is 0.223 e. The van der Waals surface area contributed by atoms with Gasteiger partial charge in [-0.05, 0) is 37.3 Å². The molecular formula is C16H26N2OS. The lowest BCUT2D eigenvalue weighted by Gasteiger charge is -2.34. The molecule has 0 aromatic carbocycles. The van der Waals surface area contributed by atoms with Crippen LogP contribution in [0.2, 0.25) is 0 Å². The summed E-state index contributed by atoms with van der Waals surface area (Å²) in [7, 11) is 0. The fraction of sp³-hybridized carbons (Fsp3) is 0.688. The van der Waals surface area contributed by atoms with Crippen molar-refractivity contribution in [3.63, 3.8) is 0 Å². The lowest BCUT2D eigenvalue weighted by molar-refractivity contribution is -0.133. The number of hydrogen-bond donors (Lipinski definition) is 1. The predicted octanol–water partition coefficient (Wildman–Crippen LogP) is 3.35. The van der Waals surface area contributed by atoms with Gasteiger partial charge < -0.3 is 10.6 Å². The van der Waals surface area contributed by atoms with Gasteiger partial charge >= 0.3 is 0 Å². The molecule has 2 atom stereocenters. The van der Waals surface area contributed by atoms with E-state index in [9.17, 15) is 4.79 Å². The highest BCUT2D eigenvalue weighted by molar-refractivity contribution is 7.12. The molecule has 2 N–H and O–H groups in total. The maximum absolute atomic E-state index is 12.4. The van der Waals surface area contributed by atoms with Crippen LogP contribution in [0.5, 0.6) is 0 Å². The molecule has 2 heterocycles. The zero-order valence-electron chi connectivity index (χ0n) is 12.8. The molecule has 0 saturated carbocycles. The smallest absolute Gasteiger partial charge is 0.223 e. The van der Waals surface area contributed by atoms with Crippen molar-refractivity contribution in [1.82, 2.24) is 4.90 Å². The summed E-state index contributed by atoms with van der Waals surface area (Å²) >= 11 is 1.81. The SMILES string of the molecule is CCc1ccc(C2C(N)CCCC(=O)N2CC(C)C)s1. The molecule has 1 aromatic rings. The van der Waals surface area contributed by atoms with E-state index in [0.717, 1.165) is 25.8 Å². The molecule has 112 valence electrons. The average molecular weight is 294 g/mol. The maximum atomic E-state index is 12.4. The summed E-state index contributed by atoms with van der Waals surface area (Å²) < 4.78 is 0. The third-order valence-electron chi connectivity index (χ3n) is 3.87. The summed E-state index contributed by atoms with van der Waals surface area (Å²) in [6.07, 6.45) is 3.54. The van der Waals surface area contributed by atoms with E-state index < -0.39 is 0 Å². The summed E-state index contributed by atoms with van der Waals surface area (Å²) in [4.78, 5) is 17.1. The number of carbonyl (C=O) groups is 1. The Labute approximate surface area is 126 Å². The van der Waals surface area contributed by atoms with Crippen LogP contribution in [0.25, 0.3) is 0 Å². The molecule has 1 fully saturated rings. The van der Waals surface area contributed by atoms with Crippen molar-refractivity contribution in [3.05, 3.63) is 21.9 Å². The summed E-state index contributed by atoms with van der Waals surface area (Å²) in [5.74, 6) is 0.737. The number of carbonyl (C=O) groups excluding carboxylic acids is 1. The lowest BCUT2D eigenvalue weighted by atomic mass is 10.0. The van der Waals surface area contributed by atoms with Gasteiger partial charge in [0.25, 0.3) is 0 Å². The normalized spacial score (nSPS) is 24.2. The highest BCUT2D eigenvalue weighted by Crippen LogP contribution is 2.34. The average Bonchev–Trinajstić information content (AvgIpc) is 2.81. The van der Waals surface area contributed by atoms with E-state index in [4.69, 9.17) is 5.73 Å². The van der Waals surface area contributed by atoms with Gasteiger partial charge in [0.15, 0.2) is 0 Å². The highest BCUT2D eigenvalue weighted by atomic mass is 32.1. The number of aryl methyl sites for hydroxylation is 1. The molecule has 2 unspecified atom stereocenters. The minimum Gasteiger partial charge on any atom is -0.333 e.